The maximum Gasteiger partial charge on any atom is 0.0431 e. The highest BCUT2D eigenvalue weighted by molar-refractivity contribution is 4.54. The van der Waals surface area contributed by atoms with Crippen LogP contribution in [0, 0.1) is 5.92 Å². The zero-order valence-electron chi connectivity index (χ0n) is 8.15. The third kappa shape index (κ3) is 5.96. The van der Waals surface area contributed by atoms with Gasteiger partial charge in [-0.15, -0.1) is 0 Å². The fraction of sp³-hybridized carbons (Fsp3) is 1.00. The van der Waals surface area contributed by atoms with E-state index in [4.69, 9.17) is 2.74 Å². The van der Waals surface area contributed by atoms with Crippen molar-refractivity contribution >= 4 is 0 Å². The molecule has 1 N–H and O–H groups in total. The van der Waals surface area contributed by atoms with Crippen molar-refractivity contribution in [1.29, 1.82) is 0 Å². The minimum absolute atomic E-state index is 0.0231. The Morgan fingerprint density at radius 2 is 1.88 bits per heavy atom. The molecule has 0 aliphatic carbocycles. The Labute approximate surface area is 55.3 Å². The van der Waals surface area contributed by atoms with Gasteiger partial charge in [0, 0.05) is 8.78 Å². The van der Waals surface area contributed by atoms with E-state index < -0.39 is 6.50 Å². The summed E-state index contributed by atoms with van der Waals surface area (Å²) in [5.74, 6) is 0.0231. The van der Waals surface area contributed by atoms with Crippen LogP contribution in [-0.4, -0.2) is 12.5 Å². The van der Waals surface area contributed by atoms with Crippen molar-refractivity contribution in [2.45, 2.75) is 33.7 Å². The molecule has 0 saturated heterocycles. The molecule has 0 radical (unpaired) electrons. The van der Waals surface area contributed by atoms with Gasteiger partial charge < -0.3 is 5.32 Å². The summed E-state index contributed by atoms with van der Waals surface area (Å²) in [5, 5.41) is 2.85. The average molecular weight is 117 g/mol. The Balaban J connectivity index is 3.87. The molecule has 0 rings (SSSR count). The van der Waals surface area contributed by atoms with E-state index in [1.165, 1.54) is 0 Å². The van der Waals surface area contributed by atoms with Crippen LogP contribution in [0.2, 0.25) is 0 Å². The molecule has 0 amide bonds. The maximum atomic E-state index is 7.47. The SMILES string of the molecule is [2H]C([2H])(NC(C)C)C(C)C. The number of rotatable bonds is 3. The summed E-state index contributed by atoms with van der Waals surface area (Å²) in [6, 6.07) is 0.206. The van der Waals surface area contributed by atoms with Crippen molar-refractivity contribution in [2.24, 2.45) is 5.92 Å². The summed E-state index contributed by atoms with van der Waals surface area (Å²) in [6.45, 7) is 6.40. The van der Waals surface area contributed by atoms with Crippen molar-refractivity contribution in [1.82, 2.24) is 5.32 Å². The topological polar surface area (TPSA) is 12.0 Å². The average Bonchev–Trinajstić information content (AvgIpc) is 1.60. The van der Waals surface area contributed by atoms with E-state index in [-0.39, 0.29) is 12.0 Å². The summed E-state index contributed by atoms with van der Waals surface area (Å²) >= 11 is 0. The predicted octanol–water partition coefficient (Wildman–Crippen LogP) is 1.64. The molecular weight excluding hydrogens is 98.1 g/mol. The fourth-order valence-corrected chi connectivity index (χ4v) is 0.333. The van der Waals surface area contributed by atoms with Gasteiger partial charge in [-0.3, -0.25) is 0 Å². The van der Waals surface area contributed by atoms with Crippen molar-refractivity contribution in [3.63, 3.8) is 0 Å². The molecule has 0 fully saturated rings. The molecule has 50 valence electrons. The molecule has 0 unspecified atom stereocenters. The molecule has 0 spiro atoms. The van der Waals surface area contributed by atoms with Crippen molar-refractivity contribution in [3.8, 4) is 0 Å². The highest BCUT2D eigenvalue weighted by Crippen LogP contribution is 1.87. The lowest BCUT2D eigenvalue weighted by atomic mass is 10.2. The Kier molecular flexibility index (Phi) is 2.34. The Morgan fingerprint density at radius 1 is 1.38 bits per heavy atom. The van der Waals surface area contributed by atoms with E-state index in [0.717, 1.165) is 0 Å². The van der Waals surface area contributed by atoms with Crippen LogP contribution in [0.1, 0.15) is 30.4 Å². The van der Waals surface area contributed by atoms with Gasteiger partial charge >= 0.3 is 0 Å². The first-order chi connectivity index (χ1) is 4.36. The lowest BCUT2D eigenvalue weighted by molar-refractivity contribution is 0.505. The van der Waals surface area contributed by atoms with Crippen LogP contribution in [-0.2, 0) is 0 Å². The van der Waals surface area contributed by atoms with Gasteiger partial charge in [0.25, 0.3) is 0 Å². The van der Waals surface area contributed by atoms with Crippen molar-refractivity contribution < 1.29 is 2.74 Å². The first-order valence-electron chi connectivity index (χ1n) is 4.14. The van der Waals surface area contributed by atoms with E-state index in [9.17, 15) is 0 Å². The van der Waals surface area contributed by atoms with Gasteiger partial charge in [0.05, 0.1) is 0 Å². The van der Waals surface area contributed by atoms with E-state index >= 15 is 0 Å². The molecule has 8 heavy (non-hydrogen) atoms. The van der Waals surface area contributed by atoms with Gasteiger partial charge in [-0.2, -0.15) is 0 Å². The normalized spacial score (nSPS) is 16.8. The van der Waals surface area contributed by atoms with E-state index in [0.29, 0.717) is 0 Å². The molecule has 0 saturated carbocycles. The first-order valence-corrected chi connectivity index (χ1v) is 3.14. The molecule has 0 aromatic rings. The van der Waals surface area contributed by atoms with Crippen molar-refractivity contribution in [3.05, 3.63) is 0 Å². The Hall–Kier alpha value is -0.0400. The second-order valence-electron chi connectivity index (χ2n) is 2.60. The quantitative estimate of drug-likeness (QED) is 0.592. The van der Waals surface area contributed by atoms with Crippen LogP contribution in [0.15, 0.2) is 0 Å². The van der Waals surface area contributed by atoms with Crippen LogP contribution in [0.4, 0.5) is 0 Å². The predicted molar refractivity (Wildman–Crippen MR) is 38.0 cm³/mol. The smallest absolute Gasteiger partial charge is 0.0431 e. The molecule has 1 nitrogen and oxygen atoms in total. The van der Waals surface area contributed by atoms with Gasteiger partial charge in [-0.1, -0.05) is 27.7 Å². The fourth-order valence-electron chi connectivity index (χ4n) is 0.333. The Morgan fingerprint density at radius 3 is 2.00 bits per heavy atom. The number of hydrogen-bond donors (Lipinski definition) is 1. The largest absolute Gasteiger partial charge is 0.314 e. The number of nitrogens with one attached hydrogen (secondary N) is 1. The lowest BCUT2D eigenvalue weighted by Gasteiger charge is -2.09. The van der Waals surface area contributed by atoms with Gasteiger partial charge in [-0.05, 0) is 12.4 Å². The molecule has 0 aliphatic heterocycles. The summed E-state index contributed by atoms with van der Waals surface area (Å²) < 4.78 is 14.9. The summed E-state index contributed by atoms with van der Waals surface area (Å²) in [5.41, 5.74) is 0. The minimum Gasteiger partial charge on any atom is -0.314 e. The maximum absolute atomic E-state index is 7.47. The van der Waals surface area contributed by atoms with Gasteiger partial charge in [0.15, 0.2) is 0 Å². The van der Waals surface area contributed by atoms with Crippen molar-refractivity contribution in [2.75, 3.05) is 6.50 Å². The number of hydrogen-bond acceptors (Lipinski definition) is 1. The zero-order chi connectivity index (χ0) is 8.36. The van der Waals surface area contributed by atoms with E-state index in [1.807, 2.05) is 27.7 Å². The molecule has 0 aliphatic rings. The molecule has 1 heteroatoms. The van der Waals surface area contributed by atoms with Crippen LogP contribution < -0.4 is 5.32 Å². The highest BCUT2D eigenvalue weighted by Gasteiger charge is 1.93. The van der Waals surface area contributed by atoms with Gasteiger partial charge in [-0.25, -0.2) is 0 Å². The van der Waals surface area contributed by atoms with Crippen LogP contribution >= 0.6 is 0 Å². The summed E-state index contributed by atoms with van der Waals surface area (Å²) in [4.78, 5) is 0. The van der Waals surface area contributed by atoms with Gasteiger partial charge in [0.1, 0.15) is 0 Å². The molecule has 0 bridgehead atoms. The highest BCUT2D eigenvalue weighted by atomic mass is 14.9. The first kappa shape index (κ1) is 4.80. The molecular formula is C7H17N. The van der Waals surface area contributed by atoms with E-state index in [2.05, 4.69) is 5.32 Å². The van der Waals surface area contributed by atoms with Gasteiger partial charge in [0.2, 0.25) is 0 Å². The molecule has 0 aromatic heterocycles. The second-order valence-corrected chi connectivity index (χ2v) is 2.60. The van der Waals surface area contributed by atoms with Crippen LogP contribution in [0.3, 0.4) is 0 Å². The van der Waals surface area contributed by atoms with E-state index in [1.54, 1.807) is 0 Å². The van der Waals surface area contributed by atoms with Crippen LogP contribution in [0.5, 0.6) is 0 Å². The Bertz CT molecular complexity index is 99.8. The van der Waals surface area contributed by atoms with Crippen LogP contribution in [0.25, 0.3) is 0 Å². The summed E-state index contributed by atoms with van der Waals surface area (Å²) in [7, 11) is 0. The molecule has 0 atom stereocenters. The monoisotopic (exact) mass is 117 g/mol. The lowest BCUT2D eigenvalue weighted by Crippen LogP contribution is -2.26. The molecule has 0 heterocycles. The standard InChI is InChI=1S/C7H17N/c1-6(2)5-8-7(3)4/h6-8H,5H2,1-4H3/i5D2. The molecule has 0 aromatic carbocycles. The minimum atomic E-state index is -1.23. The third-order valence-electron chi connectivity index (χ3n) is 0.661. The summed E-state index contributed by atoms with van der Waals surface area (Å²) in [6.07, 6.45) is 0. The second kappa shape index (κ2) is 3.90. The zero-order valence-corrected chi connectivity index (χ0v) is 6.15. The third-order valence-corrected chi connectivity index (χ3v) is 0.661.